The molecule has 0 bridgehead atoms. The van der Waals surface area contributed by atoms with Crippen molar-refractivity contribution < 1.29 is 4.79 Å². The molecule has 0 aromatic heterocycles. The molecule has 132 valence electrons. The molecule has 0 unspecified atom stereocenters. The summed E-state index contributed by atoms with van der Waals surface area (Å²) < 4.78 is 0. The molecule has 0 saturated carbocycles. The molecule has 0 aliphatic rings. The van der Waals surface area contributed by atoms with Crippen molar-refractivity contribution in [3.63, 3.8) is 0 Å². The summed E-state index contributed by atoms with van der Waals surface area (Å²) in [5, 5.41) is 1.59. The summed E-state index contributed by atoms with van der Waals surface area (Å²) in [5.74, 6) is -0.322. The van der Waals surface area contributed by atoms with E-state index in [-0.39, 0.29) is 16.0 Å². The first kappa shape index (κ1) is 18.9. The van der Waals surface area contributed by atoms with E-state index in [0.29, 0.717) is 32.7 Å². The van der Waals surface area contributed by atoms with E-state index in [0.717, 1.165) is 0 Å². The van der Waals surface area contributed by atoms with E-state index < -0.39 is 0 Å². The number of hydrogen-bond donors (Lipinski definition) is 1. The number of nitrogens with zero attached hydrogens (tertiary/aromatic N) is 1. The number of rotatable bonds is 3. The minimum absolute atomic E-state index is 0.257. The monoisotopic (exact) mass is 424 g/mol. The number of carbonyl (C=O) groups is 1. The Bertz CT molecular complexity index is 933. The van der Waals surface area contributed by atoms with Gasteiger partial charge in [0.15, 0.2) is 0 Å². The van der Waals surface area contributed by atoms with Gasteiger partial charge in [-0.25, -0.2) is 0 Å². The number of carbonyl (C=O) groups excluding carboxylic acids is 1. The predicted molar refractivity (Wildman–Crippen MR) is 110 cm³/mol. The molecule has 0 heterocycles. The fraction of sp³-hybridized carbons (Fsp3) is 0. The Morgan fingerprint density at radius 2 is 1.23 bits per heavy atom. The van der Waals surface area contributed by atoms with Crippen molar-refractivity contribution in [3.05, 3.63) is 86.3 Å². The van der Waals surface area contributed by atoms with Gasteiger partial charge in [-0.2, -0.15) is 0 Å². The van der Waals surface area contributed by atoms with Crippen LogP contribution in [-0.2, 0) is 0 Å². The standard InChI is InChI=1S/C19H12Cl4N2O/c20-12-3-1-11(2-4-12)19(26)25(15-7-5-13(21)6-8-15)18-16(22)9-14(24)10-17(18)23/h1-10H,24H2. The molecule has 3 nitrogen and oxygen atoms in total. The molecular formula is C19H12Cl4N2O. The normalized spacial score (nSPS) is 10.6. The highest BCUT2D eigenvalue weighted by molar-refractivity contribution is 6.41. The molecule has 3 aromatic rings. The smallest absolute Gasteiger partial charge is 0.262 e. The molecule has 26 heavy (non-hydrogen) atoms. The van der Waals surface area contributed by atoms with Crippen LogP contribution in [0.15, 0.2) is 60.7 Å². The molecule has 2 N–H and O–H groups in total. The van der Waals surface area contributed by atoms with E-state index in [2.05, 4.69) is 0 Å². The van der Waals surface area contributed by atoms with Crippen LogP contribution in [-0.4, -0.2) is 5.91 Å². The van der Waals surface area contributed by atoms with Crippen LogP contribution >= 0.6 is 46.4 Å². The van der Waals surface area contributed by atoms with Crippen LogP contribution in [0.5, 0.6) is 0 Å². The quantitative estimate of drug-likeness (QED) is 0.465. The Balaban J connectivity index is 2.18. The predicted octanol–water partition coefficient (Wildman–Crippen LogP) is 6.86. The van der Waals surface area contributed by atoms with Gasteiger partial charge < -0.3 is 5.73 Å². The highest BCUT2D eigenvalue weighted by Crippen LogP contribution is 2.40. The first-order chi connectivity index (χ1) is 12.4. The largest absolute Gasteiger partial charge is 0.399 e. The lowest BCUT2D eigenvalue weighted by Gasteiger charge is -2.25. The van der Waals surface area contributed by atoms with Gasteiger partial charge in [0.2, 0.25) is 0 Å². The van der Waals surface area contributed by atoms with Crippen LogP contribution in [0.1, 0.15) is 10.4 Å². The number of nitrogens with two attached hydrogens (primary N) is 1. The molecule has 0 aliphatic carbocycles. The SMILES string of the molecule is Nc1cc(Cl)c(N(C(=O)c2ccc(Cl)cc2)c2ccc(Cl)cc2)c(Cl)c1. The van der Waals surface area contributed by atoms with Gasteiger partial charge in [0.25, 0.3) is 5.91 Å². The van der Waals surface area contributed by atoms with Gasteiger partial charge >= 0.3 is 0 Å². The molecule has 1 amide bonds. The van der Waals surface area contributed by atoms with Gasteiger partial charge in [0.1, 0.15) is 0 Å². The molecule has 0 saturated heterocycles. The molecule has 0 aliphatic heterocycles. The maximum Gasteiger partial charge on any atom is 0.262 e. The molecule has 3 rings (SSSR count). The number of benzene rings is 3. The molecule has 0 fully saturated rings. The maximum absolute atomic E-state index is 13.2. The second kappa shape index (κ2) is 7.77. The van der Waals surface area contributed by atoms with Gasteiger partial charge in [-0.15, -0.1) is 0 Å². The highest BCUT2D eigenvalue weighted by Gasteiger charge is 2.25. The number of hydrogen-bond acceptors (Lipinski definition) is 2. The van der Waals surface area contributed by atoms with Gasteiger partial charge in [-0.05, 0) is 60.7 Å². The number of nitrogen functional groups attached to an aromatic ring is 1. The van der Waals surface area contributed by atoms with E-state index >= 15 is 0 Å². The van der Waals surface area contributed by atoms with Gasteiger partial charge in [0.05, 0.1) is 15.7 Å². The van der Waals surface area contributed by atoms with E-state index in [1.165, 1.54) is 4.90 Å². The van der Waals surface area contributed by atoms with Crippen LogP contribution in [0.2, 0.25) is 20.1 Å². The summed E-state index contributed by atoms with van der Waals surface area (Å²) >= 11 is 24.6. The van der Waals surface area contributed by atoms with Gasteiger partial charge in [0, 0.05) is 27.0 Å². The average Bonchev–Trinajstić information content (AvgIpc) is 2.59. The van der Waals surface area contributed by atoms with E-state index in [1.54, 1.807) is 60.7 Å². The second-order valence-corrected chi connectivity index (χ2v) is 7.14. The van der Waals surface area contributed by atoms with Crippen LogP contribution in [0, 0.1) is 0 Å². The first-order valence-corrected chi connectivity index (χ1v) is 8.98. The molecule has 7 heteroatoms. The summed E-state index contributed by atoms with van der Waals surface area (Å²) in [6, 6.07) is 16.4. The summed E-state index contributed by atoms with van der Waals surface area (Å²) in [6.45, 7) is 0. The van der Waals surface area contributed by atoms with Crippen molar-refractivity contribution in [2.24, 2.45) is 0 Å². The Labute approximate surface area is 170 Å². The third-order valence-electron chi connectivity index (χ3n) is 3.64. The van der Waals surface area contributed by atoms with E-state index in [9.17, 15) is 4.79 Å². The third kappa shape index (κ3) is 3.92. The van der Waals surface area contributed by atoms with Crippen molar-refractivity contribution in [2.75, 3.05) is 10.6 Å². The third-order valence-corrected chi connectivity index (χ3v) is 4.72. The van der Waals surface area contributed by atoms with Crippen LogP contribution in [0.25, 0.3) is 0 Å². The number of amides is 1. The lowest BCUT2D eigenvalue weighted by Crippen LogP contribution is -2.26. The van der Waals surface area contributed by atoms with Crippen molar-refractivity contribution in [1.29, 1.82) is 0 Å². The molecule has 0 radical (unpaired) electrons. The van der Waals surface area contributed by atoms with Crippen molar-refractivity contribution in [3.8, 4) is 0 Å². The van der Waals surface area contributed by atoms with Crippen LogP contribution in [0.3, 0.4) is 0 Å². The number of halogens is 4. The number of anilines is 3. The zero-order valence-corrected chi connectivity index (χ0v) is 16.2. The Morgan fingerprint density at radius 1 is 0.769 bits per heavy atom. The second-order valence-electron chi connectivity index (χ2n) is 5.46. The van der Waals surface area contributed by atoms with E-state index in [4.69, 9.17) is 52.1 Å². The van der Waals surface area contributed by atoms with E-state index in [1.807, 2.05) is 0 Å². The maximum atomic E-state index is 13.2. The van der Waals surface area contributed by atoms with Crippen LogP contribution < -0.4 is 10.6 Å². The summed E-state index contributed by atoms with van der Waals surface area (Å²) in [6.07, 6.45) is 0. The summed E-state index contributed by atoms with van der Waals surface area (Å²) in [4.78, 5) is 14.7. The Hall–Kier alpha value is -1.91. The fourth-order valence-corrected chi connectivity index (χ4v) is 3.38. The van der Waals surface area contributed by atoms with Crippen molar-refractivity contribution in [1.82, 2.24) is 0 Å². The highest BCUT2D eigenvalue weighted by atomic mass is 35.5. The minimum atomic E-state index is -0.322. The molecule has 0 atom stereocenters. The molecule has 3 aromatic carbocycles. The summed E-state index contributed by atoms with van der Waals surface area (Å²) in [7, 11) is 0. The molecular weight excluding hydrogens is 414 g/mol. The first-order valence-electron chi connectivity index (χ1n) is 7.47. The lowest BCUT2D eigenvalue weighted by atomic mass is 10.1. The zero-order valence-electron chi connectivity index (χ0n) is 13.2. The summed E-state index contributed by atoms with van der Waals surface area (Å²) in [5.41, 5.74) is 7.51. The molecule has 0 spiro atoms. The zero-order chi connectivity index (χ0) is 18.8. The van der Waals surface area contributed by atoms with Crippen LogP contribution in [0.4, 0.5) is 17.1 Å². The lowest BCUT2D eigenvalue weighted by molar-refractivity contribution is 0.0999. The topological polar surface area (TPSA) is 46.3 Å². The average molecular weight is 426 g/mol. The van der Waals surface area contributed by atoms with Gasteiger partial charge in [-0.1, -0.05) is 46.4 Å². The minimum Gasteiger partial charge on any atom is -0.399 e. The van der Waals surface area contributed by atoms with Gasteiger partial charge in [-0.3, -0.25) is 9.69 Å². The fourth-order valence-electron chi connectivity index (χ4n) is 2.46. The Kier molecular flexibility index (Phi) is 5.64. The van der Waals surface area contributed by atoms with Crippen molar-refractivity contribution in [2.45, 2.75) is 0 Å². The Morgan fingerprint density at radius 3 is 1.73 bits per heavy atom. The van der Waals surface area contributed by atoms with Crippen molar-refractivity contribution >= 4 is 69.4 Å².